The SMILES string of the molecule is CC/C=C\C/C=C\C/C=C\CCCCCCCCCCOCC(COP(=O)(O)OCC[N+](C)(C)C)OC(=O)CC. The normalized spacial score (nSPS) is 14.8. The van der Waals surface area contributed by atoms with Gasteiger partial charge >= 0.3 is 13.8 Å². The summed E-state index contributed by atoms with van der Waals surface area (Å²) < 4.78 is 33.8. The summed E-state index contributed by atoms with van der Waals surface area (Å²) in [7, 11) is 1.65. The van der Waals surface area contributed by atoms with Crippen LogP contribution in [0.5, 0.6) is 0 Å². The average Bonchev–Trinajstić information content (AvgIpc) is 2.89. The molecule has 0 aliphatic heterocycles. The lowest BCUT2D eigenvalue weighted by atomic mass is 10.1. The standard InChI is InChI=1S/C31H58NO7P/c1-6-8-9-10-11-12-13-14-15-16-17-18-19-20-21-22-23-24-26-36-28-30(39-31(33)7-2)29-38-40(34,35)37-27-25-32(3,4)5/h8-9,11-12,14-15,30H,6-7,10,13,16-29H2,1-5H3/p+1/b9-8-,12-11-,15-14-. The first-order chi connectivity index (χ1) is 19.1. The summed E-state index contributed by atoms with van der Waals surface area (Å²) in [5.41, 5.74) is 0. The van der Waals surface area contributed by atoms with Gasteiger partial charge in [0.05, 0.1) is 34.4 Å². The van der Waals surface area contributed by atoms with Crippen LogP contribution in [0, 0.1) is 0 Å². The quantitative estimate of drug-likeness (QED) is 0.0349. The van der Waals surface area contributed by atoms with Gasteiger partial charge in [-0.1, -0.05) is 88.8 Å². The third kappa shape index (κ3) is 28.3. The third-order valence-electron chi connectivity index (χ3n) is 6.02. The summed E-state index contributed by atoms with van der Waals surface area (Å²) in [6, 6.07) is 0. The number of ether oxygens (including phenoxy) is 2. The molecule has 0 rings (SSSR count). The van der Waals surface area contributed by atoms with Crippen molar-refractivity contribution in [1.82, 2.24) is 0 Å². The predicted molar refractivity (Wildman–Crippen MR) is 164 cm³/mol. The lowest BCUT2D eigenvalue weighted by molar-refractivity contribution is -0.870. The van der Waals surface area contributed by atoms with Crippen LogP contribution in [0.3, 0.4) is 0 Å². The van der Waals surface area contributed by atoms with Gasteiger partial charge in [0.15, 0.2) is 0 Å². The number of allylic oxidation sites excluding steroid dienone is 6. The fraction of sp³-hybridized carbons (Fsp3) is 0.774. The molecule has 0 saturated heterocycles. The van der Waals surface area contributed by atoms with Crippen LogP contribution in [0.2, 0.25) is 0 Å². The van der Waals surface area contributed by atoms with E-state index in [1.807, 2.05) is 21.1 Å². The summed E-state index contributed by atoms with van der Waals surface area (Å²) in [5.74, 6) is -0.407. The van der Waals surface area contributed by atoms with Crippen LogP contribution < -0.4 is 0 Å². The van der Waals surface area contributed by atoms with Gasteiger partial charge in [0.25, 0.3) is 0 Å². The number of nitrogens with zero attached hydrogens (tertiary/aromatic N) is 1. The Hall–Kier alpha value is -1.28. The number of hydrogen-bond donors (Lipinski definition) is 1. The van der Waals surface area contributed by atoms with E-state index >= 15 is 0 Å². The minimum atomic E-state index is -4.23. The molecule has 0 bridgehead atoms. The van der Waals surface area contributed by atoms with Crippen molar-refractivity contribution in [3.8, 4) is 0 Å². The molecule has 0 fully saturated rings. The van der Waals surface area contributed by atoms with E-state index in [1.54, 1.807) is 6.92 Å². The number of phosphoric acid groups is 1. The van der Waals surface area contributed by atoms with Crippen molar-refractivity contribution in [2.45, 2.75) is 103 Å². The number of phosphoric ester groups is 1. The fourth-order valence-corrected chi connectivity index (χ4v) is 4.34. The molecule has 234 valence electrons. The van der Waals surface area contributed by atoms with E-state index in [0.29, 0.717) is 17.6 Å². The van der Waals surface area contributed by atoms with Gasteiger partial charge in [-0.2, -0.15) is 0 Å². The summed E-state index contributed by atoms with van der Waals surface area (Å²) in [5, 5.41) is 0. The lowest BCUT2D eigenvalue weighted by Gasteiger charge is -2.24. The van der Waals surface area contributed by atoms with E-state index in [4.69, 9.17) is 18.5 Å². The Morgan fingerprint density at radius 2 is 1.35 bits per heavy atom. The van der Waals surface area contributed by atoms with Crippen LogP contribution in [-0.4, -0.2) is 75.6 Å². The van der Waals surface area contributed by atoms with Crippen molar-refractivity contribution in [2.24, 2.45) is 0 Å². The molecule has 0 aromatic heterocycles. The molecule has 8 nitrogen and oxygen atoms in total. The zero-order valence-electron chi connectivity index (χ0n) is 26.1. The fourth-order valence-electron chi connectivity index (χ4n) is 3.60. The molecule has 40 heavy (non-hydrogen) atoms. The van der Waals surface area contributed by atoms with Crippen molar-refractivity contribution >= 4 is 13.8 Å². The monoisotopic (exact) mass is 588 g/mol. The molecule has 9 heteroatoms. The van der Waals surface area contributed by atoms with E-state index in [9.17, 15) is 14.3 Å². The Bertz CT molecular complexity index is 746. The maximum absolute atomic E-state index is 12.1. The number of likely N-dealkylation sites (N-methyl/N-ethyl adjacent to an activating group) is 1. The Balaban J connectivity index is 3.85. The maximum Gasteiger partial charge on any atom is 0.472 e. The Kier molecular flexibility index (Phi) is 24.6. The second-order valence-electron chi connectivity index (χ2n) is 11.1. The van der Waals surface area contributed by atoms with Crippen molar-refractivity contribution in [3.05, 3.63) is 36.5 Å². The molecule has 0 aliphatic carbocycles. The number of hydrogen-bond acceptors (Lipinski definition) is 6. The van der Waals surface area contributed by atoms with Gasteiger partial charge in [0, 0.05) is 13.0 Å². The number of quaternary nitrogens is 1. The van der Waals surface area contributed by atoms with E-state index < -0.39 is 19.9 Å². The van der Waals surface area contributed by atoms with Gasteiger partial charge in [-0.05, 0) is 38.5 Å². The third-order valence-corrected chi connectivity index (χ3v) is 7.00. The van der Waals surface area contributed by atoms with Gasteiger partial charge in [-0.3, -0.25) is 13.8 Å². The summed E-state index contributed by atoms with van der Waals surface area (Å²) in [4.78, 5) is 21.6. The highest BCUT2D eigenvalue weighted by atomic mass is 31.2. The van der Waals surface area contributed by atoms with E-state index in [1.165, 1.54) is 44.9 Å². The summed E-state index contributed by atoms with van der Waals surface area (Å²) in [6.45, 7) is 4.89. The van der Waals surface area contributed by atoms with Crippen molar-refractivity contribution < 1.29 is 37.3 Å². The second kappa shape index (κ2) is 25.4. The van der Waals surface area contributed by atoms with Crippen LogP contribution in [0.25, 0.3) is 0 Å². The van der Waals surface area contributed by atoms with Gasteiger partial charge < -0.3 is 18.9 Å². The molecule has 1 N–H and O–H groups in total. The van der Waals surface area contributed by atoms with Crippen LogP contribution >= 0.6 is 7.82 Å². The second-order valence-corrected chi connectivity index (χ2v) is 12.5. The Morgan fingerprint density at radius 3 is 1.95 bits per heavy atom. The minimum Gasteiger partial charge on any atom is -0.457 e. The largest absolute Gasteiger partial charge is 0.472 e. The average molecular weight is 589 g/mol. The molecule has 2 atom stereocenters. The molecular formula is C31H59NO7P+. The van der Waals surface area contributed by atoms with Crippen molar-refractivity contribution in [3.63, 3.8) is 0 Å². The topological polar surface area (TPSA) is 91.3 Å². The first-order valence-electron chi connectivity index (χ1n) is 15.2. The van der Waals surface area contributed by atoms with E-state index in [-0.39, 0.29) is 26.2 Å². The van der Waals surface area contributed by atoms with E-state index in [2.05, 4.69) is 43.4 Å². The molecule has 0 radical (unpaired) electrons. The minimum absolute atomic E-state index is 0.0837. The van der Waals surface area contributed by atoms with Gasteiger partial charge in [0.1, 0.15) is 19.3 Å². The molecule has 0 saturated carbocycles. The smallest absolute Gasteiger partial charge is 0.457 e. The molecular weight excluding hydrogens is 529 g/mol. The van der Waals surface area contributed by atoms with E-state index in [0.717, 1.165) is 32.1 Å². The van der Waals surface area contributed by atoms with Gasteiger partial charge in [-0.25, -0.2) is 4.57 Å². The highest BCUT2D eigenvalue weighted by Gasteiger charge is 2.26. The number of unbranched alkanes of at least 4 members (excludes halogenated alkanes) is 8. The maximum atomic E-state index is 12.1. The number of rotatable bonds is 27. The molecule has 0 spiro atoms. The van der Waals surface area contributed by atoms with Crippen LogP contribution in [0.1, 0.15) is 97.3 Å². The van der Waals surface area contributed by atoms with Crippen LogP contribution in [0.4, 0.5) is 0 Å². The van der Waals surface area contributed by atoms with Crippen molar-refractivity contribution in [2.75, 3.05) is 54.1 Å². The molecule has 0 aliphatic rings. The zero-order chi connectivity index (χ0) is 30.0. The lowest BCUT2D eigenvalue weighted by Crippen LogP contribution is -2.37. The van der Waals surface area contributed by atoms with Crippen LogP contribution in [-0.2, 0) is 27.9 Å². The molecule has 0 aromatic carbocycles. The zero-order valence-corrected chi connectivity index (χ0v) is 27.0. The number of carbonyl (C=O) groups is 1. The number of esters is 1. The Labute approximate surface area is 245 Å². The first kappa shape index (κ1) is 38.7. The first-order valence-corrected chi connectivity index (χ1v) is 16.7. The summed E-state index contributed by atoms with van der Waals surface area (Å²) in [6.07, 6.45) is 26.7. The molecule has 0 amide bonds. The van der Waals surface area contributed by atoms with Gasteiger partial charge in [0.2, 0.25) is 0 Å². The highest BCUT2D eigenvalue weighted by Crippen LogP contribution is 2.43. The predicted octanol–water partition coefficient (Wildman–Crippen LogP) is 7.53. The number of carbonyl (C=O) groups excluding carboxylic acids is 1. The Morgan fingerprint density at radius 1 is 0.775 bits per heavy atom. The highest BCUT2D eigenvalue weighted by molar-refractivity contribution is 7.47. The van der Waals surface area contributed by atoms with Gasteiger partial charge in [-0.15, -0.1) is 0 Å². The summed E-state index contributed by atoms with van der Waals surface area (Å²) >= 11 is 0. The molecule has 0 aromatic rings. The molecule has 0 heterocycles. The molecule has 2 unspecified atom stereocenters. The van der Waals surface area contributed by atoms with Crippen LogP contribution in [0.15, 0.2) is 36.5 Å². The van der Waals surface area contributed by atoms with Crippen molar-refractivity contribution in [1.29, 1.82) is 0 Å².